The first-order valence-corrected chi connectivity index (χ1v) is 5.44. The second-order valence-electron chi connectivity index (χ2n) is 4.47. The van der Waals surface area contributed by atoms with Gasteiger partial charge in [-0.1, -0.05) is 20.8 Å². The highest BCUT2D eigenvalue weighted by Gasteiger charge is 2.19. The largest absolute Gasteiger partial charge is 0.289 e. The third-order valence-electron chi connectivity index (χ3n) is 2.98. The van der Waals surface area contributed by atoms with Crippen molar-refractivity contribution in [2.45, 2.75) is 32.6 Å². The first-order valence-electron chi connectivity index (χ1n) is 5.44. The number of imidazole rings is 1. The van der Waals surface area contributed by atoms with E-state index in [0.29, 0.717) is 0 Å². The number of nitrogens with zero attached hydrogens (tertiary/aromatic N) is 4. The van der Waals surface area contributed by atoms with Gasteiger partial charge in [-0.25, -0.2) is 9.97 Å². The van der Waals surface area contributed by atoms with Crippen molar-refractivity contribution in [2.24, 2.45) is 0 Å². The first kappa shape index (κ1) is 10.8. The maximum absolute atomic E-state index is 4.47. The summed E-state index contributed by atoms with van der Waals surface area (Å²) in [5, 5.41) is 0. The van der Waals surface area contributed by atoms with Crippen LogP contribution in [0.2, 0.25) is 0 Å². The van der Waals surface area contributed by atoms with Crippen LogP contribution in [0.5, 0.6) is 0 Å². The molecule has 0 aliphatic carbocycles. The van der Waals surface area contributed by atoms with E-state index in [9.17, 15) is 0 Å². The van der Waals surface area contributed by atoms with Gasteiger partial charge in [0.25, 0.3) is 0 Å². The standard InChI is InChI=1S/C12H16N4/c1-4-12(2,3)10-7-15-11(8-14-10)16-6-5-13-9-16/h5-9H,4H2,1-3H3. The van der Waals surface area contributed by atoms with Gasteiger partial charge in [0, 0.05) is 17.8 Å². The summed E-state index contributed by atoms with van der Waals surface area (Å²) in [6.07, 6.45) is 9.98. The second-order valence-corrected chi connectivity index (χ2v) is 4.47. The summed E-state index contributed by atoms with van der Waals surface area (Å²) in [7, 11) is 0. The molecule has 16 heavy (non-hydrogen) atoms. The molecule has 0 spiro atoms. The Kier molecular flexibility index (Phi) is 2.73. The van der Waals surface area contributed by atoms with Crippen LogP contribution in [0.25, 0.3) is 5.82 Å². The molecule has 0 saturated carbocycles. The highest BCUT2D eigenvalue weighted by molar-refractivity contribution is 5.21. The van der Waals surface area contributed by atoms with E-state index in [1.807, 2.05) is 17.0 Å². The highest BCUT2D eigenvalue weighted by Crippen LogP contribution is 2.24. The molecule has 4 nitrogen and oxygen atoms in total. The summed E-state index contributed by atoms with van der Waals surface area (Å²) in [4.78, 5) is 12.8. The molecule has 0 fully saturated rings. The summed E-state index contributed by atoms with van der Waals surface area (Å²) >= 11 is 0. The fraction of sp³-hybridized carbons (Fsp3) is 0.417. The SMILES string of the molecule is CCC(C)(C)c1cnc(-n2ccnc2)cn1. The van der Waals surface area contributed by atoms with E-state index in [0.717, 1.165) is 17.9 Å². The molecular weight excluding hydrogens is 200 g/mol. The first-order chi connectivity index (χ1) is 7.63. The summed E-state index contributed by atoms with van der Waals surface area (Å²) in [5.74, 6) is 0.799. The molecule has 0 unspecified atom stereocenters. The topological polar surface area (TPSA) is 43.6 Å². The smallest absolute Gasteiger partial charge is 0.156 e. The monoisotopic (exact) mass is 216 g/mol. The Hall–Kier alpha value is -1.71. The average Bonchev–Trinajstić information content (AvgIpc) is 2.83. The zero-order valence-corrected chi connectivity index (χ0v) is 9.88. The van der Waals surface area contributed by atoms with E-state index < -0.39 is 0 Å². The van der Waals surface area contributed by atoms with Gasteiger partial charge in [-0.2, -0.15) is 0 Å². The van der Waals surface area contributed by atoms with Gasteiger partial charge >= 0.3 is 0 Å². The third-order valence-corrected chi connectivity index (χ3v) is 2.98. The Morgan fingerprint density at radius 2 is 2.06 bits per heavy atom. The normalized spacial score (nSPS) is 11.7. The van der Waals surface area contributed by atoms with Gasteiger partial charge in [0.15, 0.2) is 5.82 Å². The Bertz CT molecular complexity index is 442. The highest BCUT2D eigenvalue weighted by atomic mass is 15.1. The molecule has 0 aliphatic heterocycles. The lowest BCUT2D eigenvalue weighted by atomic mass is 9.87. The maximum atomic E-state index is 4.47. The minimum absolute atomic E-state index is 0.0838. The molecule has 2 aromatic heterocycles. The predicted molar refractivity (Wildman–Crippen MR) is 62.5 cm³/mol. The lowest BCUT2D eigenvalue weighted by Gasteiger charge is -2.21. The van der Waals surface area contributed by atoms with Crippen molar-refractivity contribution in [2.75, 3.05) is 0 Å². The van der Waals surface area contributed by atoms with Gasteiger partial charge in [-0.15, -0.1) is 0 Å². The molecular formula is C12H16N4. The lowest BCUT2D eigenvalue weighted by Crippen LogP contribution is -2.18. The van der Waals surface area contributed by atoms with Crippen LogP contribution in [0.4, 0.5) is 0 Å². The van der Waals surface area contributed by atoms with Crippen molar-refractivity contribution in [1.29, 1.82) is 0 Å². The van der Waals surface area contributed by atoms with E-state index in [2.05, 4.69) is 35.7 Å². The lowest BCUT2D eigenvalue weighted by molar-refractivity contribution is 0.487. The zero-order valence-electron chi connectivity index (χ0n) is 9.88. The number of hydrogen-bond acceptors (Lipinski definition) is 3. The molecule has 84 valence electrons. The summed E-state index contributed by atoms with van der Waals surface area (Å²) in [6.45, 7) is 6.51. The van der Waals surface area contributed by atoms with Crippen LogP contribution in [-0.2, 0) is 5.41 Å². The Balaban J connectivity index is 2.30. The fourth-order valence-corrected chi connectivity index (χ4v) is 1.38. The average molecular weight is 216 g/mol. The number of hydrogen-bond donors (Lipinski definition) is 0. The van der Waals surface area contributed by atoms with Crippen LogP contribution >= 0.6 is 0 Å². The zero-order chi connectivity index (χ0) is 11.6. The van der Waals surface area contributed by atoms with Gasteiger partial charge in [0.2, 0.25) is 0 Å². The molecule has 0 radical (unpaired) electrons. The van der Waals surface area contributed by atoms with Crippen LogP contribution in [0.15, 0.2) is 31.1 Å². The van der Waals surface area contributed by atoms with Crippen LogP contribution in [0.3, 0.4) is 0 Å². The molecule has 2 rings (SSSR count). The van der Waals surface area contributed by atoms with Crippen molar-refractivity contribution in [3.8, 4) is 5.82 Å². The molecule has 0 N–H and O–H groups in total. The van der Waals surface area contributed by atoms with Crippen LogP contribution < -0.4 is 0 Å². The third kappa shape index (κ3) is 1.96. The Morgan fingerprint density at radius 3 is 2.56 bits per heavy atom. The van der Waals surface area contributed by atoms with Crippen molar-refractivity contribution in [3.05, 3.63) is 36.8 Å². The second kappa shape index (κ2) is 4.04. The fourth-order valence-electron chi connectivity index (χ4n) is 1.38. The minimum Gasteiger partial charge on any atom is -0.289 e. The van der Waals surface area contributed by atoms with Gasteiger partial charge < -0.3 is 0 Å². The molecule has 0 amide bonds. The Morgan fingerprint density at radius 1 is 1.25 bits per heavy atom. The molecule has 0 atom stereocenters. The number of rotatable bonds is 3. The van der Waals surface area contributed by atoms with E-state index >= 15 is 0 Å². The van der Waals surface area contributed by atoms with Crippen molar-refractivity contribution >= 4 is 0 Å². The van der Waals surface area contributed by atoms with Crippen LogP contribution in [0, 0.1) is 0 Å². The van der Waals surface area contributed by atoms with Crippen LogP contribution in [0.1, 0.15) is 32.9 Å². The summed E-state index contributed by atoms with van der Waals surface area (Å²) in [5.41, 5.74) is 1.11. The summed E-state index contributed by atoms with van der Waals surface area (Å²) in [6, 6.07) is 0. The predicted octanol–water partition coefficient (Wildman–Crippen LogP) is 2.35. The molecule has 2 aromatic rings. The van der Waals surface area contributed by atoms with Gasteiger partial charge in [0.1, 0.15) is 6.33 Å². The van der Waals surface area contributed by atoms with Gasteiger partial charge in [-0.3, -0.25) is 9.55 Å². The molecule has 0 saturated heterocycles. The van der Waals surface area contributed by atoms with Crippen molar-refractivity contribution < 1.29 is 0 Å². The molecule has 0 aliphatic rings. The summed E-state index contributed by atoms with van der Waals surface area (Å²) < 4.78 is 1.84. The molecule has 0 aromatic carbocycles. The van der Waals surface area contributed by atoms with E-state index in [4.69, 9.17) is 0 Å². The minimum atomic E-state index is 0.0838. The molecule has 2 heterocycles. The van der Waals surface area contributed by atoms with E-state index in [1.54, 1.807) is 18.7 Å². The van der Waals surface area contributed by atoms with Crippen LogP contribution in [-0.4, -0.2) is 19.5 Å². The quantitative estimate of drug-likeness (QED) is 0.791. The van der Waals surface area contributed by atoms with Crippen molar-refractivity contribution in [3.63, 3.8) is 0 Å². The van der Waals surface area contributed by atoms with E-state index in [1.165, 1.54) is 0 Å². The van der Waals surface area contributed by atoms with Crippen molar-refractivity contribution in [1.82, 2.24) is 19.5 Å². The van der Waals surface area contributed by atoms with Gasteiger partial charge in [-0.05, 0) is 6.42 Å². The number of aromatic nitrogens is 4. The van der Waals surface area contributed by atoms with E-state index in [-0.39, 0.29) is 5.41 Å². The molecule has 0 bridgehead atoms. The van der Waals surface area contributed by atoms with Gasteiger partial charge in [0.05, 0.1) is 18.1 Å². The molecule has 4 heteroatoms. The Labute approximate surface area is 95.4 Å². The maximum Gasteiger partial charge on any atom is 0.156 e.